The van der Waals surface area contributed by atoms with Crippen LogP contribution < -0.4 is 15.4 Å². The Hall–Kier alpha value is -3.40. The molecule has 9 nitrogen and oxygen atoms in total. The van der Waals surface area contributed by atoms with Gasteiger partial charge in [0.15, 0.2) is 15.7 Å². The molecule has 0 atom stereocenters. The molecule has 1 heterocycles. The number of aryl methyl sites for hydroxylation is 1. The molecule has 2 amide bonds. The van der Waals surface area contributed by atoms with Crippen molar-refractivity contribution in [2.45, 2.75) is 31.9 Å². The van der Waals surface area contributed by atoms with Crippen LogP contribution in [-0.4, -0.2) is 35.0 Å². The zero-order chi connectivity index (χ0) is 22.4. The number of urea groups is 1. The van der Waals surface area contributed by atoms with Crippen LogP contribution in [0.2, 0.25) is 0 Å². The van der Waals surface area contributed by atoms with Gasteiger partial charge in [-0.05, 0) is 48.9 Å². The minimum Gasteiger partial charge on any atom is -0.486 e. The number of aromatic nitrogens is 3. The number of nitrogens with one attached hydrogen (secondary N) is 2. The van der Waals surface area contributed by atoms with Crippen molar-refractivity contribution in [3.63, 3.8) is 0 Å². The minimum atomic E-state index is -3.28. The summed E-state index contributed by atoms with van der Waals surface area (Å²) in [5.41, 5.74) is 1.30. The standard InChI is InChI=1S/C21H25N5O4S/c1-4-31(28,29)19-7-5-6-16(12-19)13-22-21(27)23-17-8-10-18(11-9-17)30-14-20-25-24-15(2)26(20)3/h5-12H,4,13-14H2,1-3H3,(H2,22,23,27). The molecular weight excluding hydrogens is 418 g/mol. The highest BCUT2D eigenvalue weighted by Crippen LogP contribution is 2.17. The van der Waals surface area contributed by atoms with Crippen LogP contribution in [0, 0.1) is 6.92 Å². The van der Waals surface area contributed by atoms with Gasteiger partial charge in [-0.3, -0.25) is 0 Å². The molecule has 0 saturated carbocycles. The van der Waals surface area contributed by atoms with Gasteiger partial charge in [-0.1, -0.05) is 19.1 Å². The number of benzene rings is 2. The lowest BCUT2D eigenvalue weighted by atomic mass is 10.2. The van der Waals surface area contributed by atoms with Crippen LogP contribution in [0.3, 0.4) is 0 Å². The van der Waals surface area contributed by atoms with Crippen molar-refractivity contribution >= 4 is 21.6 Å². The molecule has 2 aromatic carbocycles. The summed E-state index contributed by atoms with van der Waals surface area (Å²) in [6, 6.07) is 13.1. The predicted molar refractivity (Wildman–Crippen MR) is 117 cm³/mol. The number of anilines is 1. The Kier molecular flexibility index (Phi) is 6.91. The van der Waals surface area contributed by atoms with Gasteiger partial charge in [0.1, 0.15) is 18.2 Å². The average molecular weight is 444 g/mol. The zero-order valence-corrected chi connectivity index (χ0v) is 18.4. The van der Waals surface area contributed by atoms with Crippen molar-refractivity contribution in [1.29, 1.82) is 0 Å². The van der Waals surface area contributed by atoms with E-state index >= 15 is 0 Å². The van der Waals surface area contributed by atoms with E-state index in [4.69, 9.17) is 4.74 Å². The Morgan fingerprint density at radius 3 is 2.52 bits per heavy atom. The predicted octanol–water partition coefficient (Wildman–Crippen LogP) is 2.82. The smallest absolute Gasteiger partial charge is 0.319 e. The van der Waals surface area contributed by atoms with Gasteiger partial charge in [0, 0.05) is 19.3 Å². The number of hydrogen-bond acceptors (Lipinski definition) is 6. The van der Waals surface area contributed by atoms with Gasteiger partial charge in [0.25, 0.3) is 0 Å². The lowest BCUT2D eigenvalue weighted by molar-refractivity contribution is 0.251. The van der Waals surface area contributed by atoms with Crippen LogP contribution in [-0.2, 0) is 30.0 Å². The van der Waals surface area contributed by atoms with Crippen LogP contribution in [0.4, 0.5) is 10.5 Å². The van der Waals surface area contributed by atoms with Crippen molar-refractivity contribution in [3.05, 3.63) is 65.7 Å². The molecule has 0 radical (unpaired) electrons. The first-order chi connectivity index (χ1) is 14.8. The van der Waals surface area contributed by atoms with E-state index in [-0.39, 0.29) is 23.8 Å². The third-order valence-corrected chi connectivity index (χ3v) is 6.49. The first-order valence-electron chi connectivity index (χ1n) is 9.73. The van der Waals surface area contributed by atoms with Crippen molar-refractivity contribution < 1.29 is 17.9 Å². The summed E-state index contributed by atoms with van der Waals surface area (Å²) < 4.78 is 31.5. The summed E-state index contributed by atoms with van der Waals surface area (Å²) in [4.78, 5) is 12.4. The summed E-state index contributed by atoms with van der Waals surface area (Å²) >= 11 is 0. The van der Waals surface area contributed by atoms with Gasteiger partial charge in [-0.2, -0.15) is 0 Å². The number of carbonyl (C=O) groups is 1. The fraction of sp³-hybridized carbons (Fsp3) is 0.286. The van der Waals surface area contributed by atoms with E-state index in [0.29, 0.717) is 17.0 Å². The lowest BCUT2D eigenvalue weighted by Gasteiger charge is -2.10. The molecule has 0 aliphatic rings. The van der Waals surface area contributed by atoms with E-state index in [0.717, 1.165) is 11.6 Å². The van der Waals surface area contributed by atoms with Gasteiger partial charge < -0.3 is 19.9 Å². The Morgan fingerprint density at radius 1 is 1.13 bits per heavy atom. The SMILES string of the molecule is CCS(=O)(=O)c1cccc(CNC(=O)Nc2ccc(OCc3nnc(C)n3C)cc2)c1. The van der Waals surface area contributed by atoms with E-state index in [2.05, 4.69) is 20.8 Å². The number of sulfone groups is 1. The first kappa shape index (κ1) is 22.3. The Balaban J connectivity index is 1.51. The summed E-state index contributed by atoms with van der Waals surface area (Å²) in [6.45, 7) is 3.96. The number of nitrogens with zero attached hydrogens (tertiary/aromatic N) is 3. The molecule has 0 saturated heterocycles. The van der Waals surface area contributed by atoms with E-state index in [1.165, 1.54) is 0 Å². The normalized spacial score (nSPS) is 11.2. The second-order valence-corrected chi connectivity index (χ2v) is 9.17. The summed E-state index contributed by atoms with van der Waals surface area (Å²) in [5.74, 6) is 2.20. The summed E-state index contributed by atoms with van der Waals surface area (Å²) in [7, 11) is -1.41. The second-order valence-electron chi connectivity index (χ2n) is 6.89. The Bertz CT molecular complexity index is 1160. The Morgan fingerprint density at radius 2 is 1.87 bits per heavy atom. The highest BCUT2D eigenvalue weighted by molar-refractivity contribution is 7.91. The van der Waals surface area contributed by atoms with Crippen molar-refractivity contribution in [2.24, 2.45) is 7.05 Å². The fourth-order valence-corrected chi connectivity index (χ4v) is 3.68. The molecule has 0 aliphatic heterocycles. The van der Waals surface area contributed by atoms with Crippen LogP contribution >= 0.6 is 0 Å². The summed E-state index contributed by atoms with van der Waals surface area (Å²) in [5, 5.41) is 13.5. The molecule has 0 spiro atoms. The van der Waals surface area contributed by atoms with E-state index < -0.39 is 15.9 Å². The zero-order valence-electron chi connectivity index (χ0n) is 17.6. The van der Waals surface area contributed by atoms with E-state index in [1.807, 2.05) is 18.5 Å². The fourth-order valence-electron chi connectivity index (χ4n) is 2.73. The summed E-state index contributed by atoms with van der Waals surface area (Å²) in [6.07, 6.45) is 0. The van der Waals surface area contributed by atoms with E-state index in [1.54, 1.807) is 55.5 Å². The Labute approximate surface area is 181 Å². The number of amides is 2. The third kappa shape index (κ3) is 5.82. The maximum atomic E-state index is 12.2. The van der Waals surface area contributed by atoms with Gasteiger partial charge in [0.2, 0.25) is 0 Å². The van der Waals surface area contributed by atoms with Crippen LogP contribution in [0.1, 0.15) is 24.1 Å². The first-order valence-corrected chi connectivity index (χ1v) is 11.4. The lowest BCUT2D eigenvalue weighted by Crippen LogP contribution is -2.28. The van der Waals surface area contributed by atoms with Crippen LogP contribution in [0.5, 0.6) is 5.75 Å². The van der Waals surface area contributed by atoms with Gasteiger partial charge in [-0.15, -0.1) is 10.2 Å². The highest BCUT2D eigenvalue weighted by Gasteiger charge is 2.12. The van der Waals surface area contributed by atoms with Crippen molar-refractivity contribution in [1.82, 2.24) is 20.1 Å². The van der Waals surface area contributed by atoms with Gasteiger partial charge in [0.05, 0.1) is 10.6 Å². The van der Waals surface area contributed by atoms with Crippen LogP contribution in [0.25, 0.3) is 0 Å². The highest BCUT2D eigenvalue weighted by atomic mass is 32.2. The molecule has 1 aromatic heterocycles. The largest absolute Gasteiger partial charge is 0.486 e. The number of carbonyl (C=O) groups excluding carboxylic acids is 1. The quantitative estimate of drug-likeness (QED) is 0.553. The minimum absolute atomic E-state index is 0.0301. The monoisotopic (exact) mass is 443 g/mol. The van der Waals surface area contributed by atoms with Gasteiger partial charge in [-0.25, -0.2) is 13.2 Å². The maximum Gasteiger partial charge on any atom is 0.319 e. The molecule has 164 valence electrons. The van der Waals surface area contributed by atoms with Crippen LogP contribution in [0.15, 0.2) is 53.4 Å². The van der Waals surface area contributed by atoms with Gasteiger partial charge >= 0.3 is 6.03 Å². The molecule has 3 aromatic rings. The van der Waals surface area contributed by atoms with E-state index in [9.17, 15) is 13.2 Å². The molecule has 0 aliphatic carbocycles. The molecular formula is C21H25N5O4S. The average Bonchev–Trinajstić information content (AvgIpc) is 3.09. The van der Waals surface area contributed by atoms with Crippen molar-refractivity contribution in [2.75, 3.05) is 11.1 Å². The molecule has 0 bridgehead atoms. The number of rotatable bonds is 8. The molecule has 0 fully saturated rings. The molecule has 2 N–H and O–H groups in total. The molecule has 3 rings (SSSR count). The topological polar surface area (TPSA) is 115 Å². The molecule has 31 heavy (non-hydrogen) atoms. The molecule has 10 heteroatoms. The molecule has 0 unspecified atom stereocenters. The maximum absolute atomic E-state index is 12.2. The second kappa shape index (κ2) is 9.61. The third-order valence-electron chi connectivity index (χ3n) is 4.75. The van der Waals surface area contributed by atoms with Crippen molar-refractivity contribution in [3.8, 4) is 5.75 Å². The number of hydrogen-bond donors (Lipinski definition) is 2. The number of ether oxygens (including phenoxy) is 1.